The van der Waals surface area contributed by atoms with Gasteiger partial charge in [0.1, 0.15) is 5.82 Å². The Hall–Kier alpha value is -3.37. The first-order chi connectivity index (χ1) is 15.2. The molecule has 3 N–H and O–H groups in total. The van der Waals surface area contributed by atoms with Crippen LogP contribution < -0.4 is 15.4 Å². The summed E-state index contributed by atoms with van der Waals surface area (Å²) >= 11 is 1.42. The monoisotopic (exact) mass is 471 g/mol. The van der Waals surface area contributed by atoms with Crippen LogP contribution in [0.25, 0.3) is 0 Å². The SMILES string of the molecule is C[C@H]1Sc2ccc(C(=O)Nc3ccc(S(=O)(=O)Nc4ccc(F)cc4)cc3)cc2NC1=O. The predicted octanol–water partition coefficient (Wildman–Crippen LogP) is 4.31. The van der Waals surface area contributed by atoms with Crippen molar-refractivity contribution in [2.45, 2.75) is 22.0 Å². The summed E-state index contributed by atoms with van der Waals surface area (Å²) in [6.07, 6.45) is 0. The lowest BCUT2D eigenvalue weighted by atomic mass is 10.1. The Morgan fingerprint density at radius 2 is 1.66 bits per heavy atom. The quantitative estimate of drug-likeness (QED) is 0.514. The molecule has 1 aliphatic rings. The van der Waals surface area contributed by atoms with E-state index in [4.69, 9.17) is 0 Å². The third-order valence-corrected chi connectivity index (χ3v) is 7.27. The molecule has 0 aromatic heterocycles. The molecule has 0 saturated carbocycles. The van der Waals surface area contributed by atoms with Gasteiger partial charge in [-0.3, -0.25) is 14.3 Å². The van der Waals surface area contributed by atoms with Crippen LogP contribution in [0.3, 0.4) is 0 Å². The predicted molar refractivity (Wildman–Crippen MR) is 122 cm³/mol. The molecule has 1 heterocycles. The highest BCUT2D eigenvalue weighted by Crippen LogP contribution is 2.36. The van der Waals surface area contributed by atoms with Gasteiger partial charge in [0, 0.05) is 21.8 Å². The van der Waals surface area contributed by atoms with Crippen LogP contribution in [0, 0.1) is 5.82 Å². The van der Waals surface area contributed by atoms with Crippen LogP contribution in [-0.2, 0) is 14.8 Å². The van der Waals surface area contributed by atoms with Gasteiger partial charge in [-0.2, -0.15) is 0 Å². The van der Waals surface area contributed by atoms with Crippen molar-refractivity contribution in [3.63, 3.8) is 0 Å². The number of hydrogen-bond donors (Lipinski definition) is 3. The molecule has 0 saturated heterocycles. The number of hydrogen-bond acceptors (Lipinski definition) is 5. The Bertz CT molecular complexity index is 1290. The van der Waals surface area contributed by atoms with Gasteiger partial charge in [0.25, 0.3) is 15.9 Å². The molecule has 3 aromatic rings. The van der Waals surface area contributed by atoms with Crippen LogP contribution in [0.15, 0.2) is 76.5 Å². The average Bonchev–Trinajstić information content (AvgIpc) is 2.76. The summed E-state index contributed by atoms with van der Waals surface area (Å²) < 4.78 is 40.4. The van der Waals surface area contributed by atoms with Gasteiger partial charge in [-0.25, -0.2) is 12.8 Å². The molecule has 0 spiro atoms. The van der Waals surface area contributed by atoms with Crippen molar-refractivity contribution in [2.75, 3.05) is 15.4 Å². The molecule has 32 heavy (non-hydrogen) atoms. The van der Waals surface area contributed by atoms with E-state index in [-0.39, 0.29) is 21.7 Å². The zero-order valence-corrected chi connectivity index (χ0v) is 18.4. The molecule has 1 aliphatic heterocycles. The van der Waals surface area contributed by atoms with Crippen molar-refractivity contribution in [3.8, 4) is 0 Å². The molecule has 10 heteroatoms. The van der Waals surface area contributed by atoms with Crippen LogP contribution in [0.2, 0.25) is 0 Å². The minimum Gasteiger partial charge on any atom is -0.324 e. The molecular formula is C22H18FN3O4S2. The second-order valence-electron chi connectivity index (χ2n) is 7.05. The summed E-state index contributed by atoms with van der Waals surface area (Å²) in [6.45, 7) is 1.81. The Morgan fingerprint density at radius 3 is 2.34 bits per heavy atom. The normalized spacial score (nSPS) is 15.4. The largest absolute Gasteiger partial charge is 0.324 e. The zero-order chi connectivity index (χ0) is 22.9. The number of carbonyl (C=O) groups excluding carboxylic acids is 2. The first kappa shape index (κ1) is 21.8. The van der Waals surface area contributed by atoms with E-state index in [1.54, 1.807) is 18.2 Å². The van der Waals surface area contributed by atoms with Crippen molar-refractivity contribution in [1.29, 1.82) is 0 Å². The van der Waals surface area contributed by atoms with Crippen LogP contribution in [0.4, 0.5) is 21.5 Å². The van der Waals surface area contributed by atoms with Crippen molar-refractivity contribution in [1.82, 2.24) is 0 Å². The maximum absolute atomic E-state index is 13.0. The zero-order valence-electron chi connectivity index (χ0n) is 16.8. The fraction of sp³-hybridized carbons (Fsp3) is 0.0909. The van der Waals surface area contributed by atoms with E-state index in [0.717, 1.165) is 17.0 Å². The number of benzene rings is 3. The van der Waals surface area contributed by atoms with Crippen LogP contribution in [-0.4, -0.2) is 25.5 Å². The van der Waals surface area contributed by atoms with Crippen molar-refractivity contribution in [2.24, 2.45) is 0 Å². The van der Waals surface area contributed by atoms with Gasteiger partial charge in [0.2, 0.25) is 5.91 Å². The van der Waals surface area contributed by atoms with Gasteiger partial charge >= 0.3 is 0 Å². The Balaban J connectivity index is 1.45. The summed E-state index contributed by atoms with van der Waals surface area (Å²) in [4.78, 5) is 25.3. The van der Waals surface area contributed by atoms with Gasteiger partial charge < -0.3 is 10.6 Å². The number of halogens is 1. The van der Waals surface area contributed by atoms with E-state index in [2.05, 4.69) is 15.4 Å². The lowest BCUT2D eigenvalue weighted by Crippen LogP contribution is -2.26. The summed E-state index contributed by atoms with van der Waals surface area (Å²) in [5, 5.41) is 5.29. The number of sulfonamides is 1. The molecule has 3 aromatic carbocycles. The minimum atomic E-state index is -3.87. The number of rotatable bonds is 5. The molecule has 7 nitrogen and oxygen atoms in total. The lowest BCUT2D eigenvalue weighted by molar-refractivity contribution is -0.115. The van der Waals surface area contributed by atoms with Gasteiger partial charge in [-0.15, -0.1) is 11.8 Å². The topological polar surface area (TPSA) is 104 Å². The van der Waals surface area contributed by atoms with Crippen LogP contribution >= 0.6 is 11.8 Å². The number of nitrogens with one attached hydrogen (secondary N) is 3. The summed E-state index contributed by atoms with van der Waals surface area (Å²) in [6, 6.07) is 15.6. The first-order valence-electron chi connectivity index (χ1n) is 9.53. The van der Waals surface area contributed by atoms with Gasteiger partial charge in [0.05, 0.1) is 15.8 Å². The van der Waals surface area contributed by atoms with Crippen LogP contribution in [0.5, 0.6) is 0 Å². The molecule has 164 valence electrons. The third-order valence-electron chi connectivity index (χ3n) is 4.69. The van der Waals surface area contributed by atoms with Crippen LogP contribution in [0.1, 0.15) is 17.3 Å². The molecule has 0 unspecified atom stereocenters. The van der Waals surface area contributed by atoms with E-state index >= 15 is 0 Å². The first-order valence-corrected chi connectivity index (χ1v) is 11.9. The van der Waals surface area contributed by atoms with Gasteiger partial charge in [0.15, 0.2) is 0 Å². The fourth-order valence-electron chi connectivity index (χ4n) is 3.00. The van der Waals surface area contributed by atoms with Gasteiger partial charge in [-0.05, 0) is 73.7 Å². The van der Waals surface area contributed by atoms with E-state index in [1.165, 1.54) is 48.2 Å². The Kier molecular flexibility index (Phi) is 5.90. The highest BCUT2D eigenvalue weighted by atomic mass is 32.2. The summed E-state index contributed by atoms with van der Waals surface area (Å²) in [7, 11) is -3.87. The molecule has 2 amide bonds. The highest BCUT2D eigenvalue weighted by Gasteiger charge is 2.24. The molecule has 4 rings (SSSR count). The van der Waals surface area contributed by atoms with Crippen molar-refractivity contribution >= 4 is 50.7 Å². The van der Waals surface area contributed by atoms with Crippen molar-refractivity contribution in [3.05, 3.63) is 78.1 Å². The number of fused-ring (bicyclic) bond motifs is 1. The molecule has 0 aliphatic carbocycles. The summed E-state index contributed by atoms with van der Waals surface area (Å²) in [5.74, 6) is -0.987. The number of anilines is 3. The third kappa shape index (κ3) is 4.76. The Morgan fingerprint density at radius 1 is 1.00 bits per heavy atom. The Labute approximate surface area is 188 Å². The summed E-state index contributed by atoms with van der Waals surface area (Å²) in [5.41, 5.74) is 1.57. The fourth-order valence-corrected chi connectivity index (χ4v) is 4.99. The van der Waals surface area contributed by atoms with Crippen molar-refractivity contribution < 1.29 is 22.4 Å². The minimum absolute atomic E-state index is 0.0116. The van der Waals surface area contributed by atoms with E-state index in [0.29, 0.717) is 16.9 Å². The average molecular weight is 472 g/mol. The molecule has 0 radical (unpaired) electrons. The number of carbonyl (C=O) groups is 2. The second kappa shape index (κ2) is 8.64. The number of amides is 2. The molecule has 0 fully saturated rings. The highest BCUT2D eigenvalue weighted by molar-refractivity contribution is 8.01. The maximum atomic E-state index is 13.0. The number of thioether (sulfide) groups is 1. The van der Waals surface area contributed by atoms with Gasteiger partial charge in [-0.1, -0.05) is 0 Å². The van der Waals surface area contributed by atoms with E-state index in [1.807, 2.05) is 6.92 Å². The maximum Gasteiger partial charge on any atom is 0.261 e. The smallest absolute Gasteiger partial charge is 0.261 e. The second-order valence-corrected chi connectivity index (χ2v) is 10.1. The van der Waals surface area contributed by atoms with E-state index in [9.17, 15) is 22.4 Å². The lowest BCUT2D eigenvalue weighted by Gasteiger charge is -2.21. The molecular weight excluding hydrogens is 453 g/mol. The molecule has 0 bridgehead atoms. The molecule has 1 atom stereocenters. The van der Waals surface area contributed by atoms with E-state index < -0.39 is 21.7 Å². The standard InChI is InChI=1S/C22H18FN3O4S2/c1-13-21(27)25-19-12-14(2-11-20(19)31-13)22(28)24-16-7-9-18(10-8-16)32(29,30)26-17-5-3-15(23)4-6-17/h2-13,26H,1H3,(H,24,28)(H,25,27)/t13-/m1/s1.